The molecular weight excluding hydrogens is 403 g/mol. The second kappa shape index (κ2) is 10.3. The van der Waals surface area contributed by atoms with Gasteiger partial charge in [0.05, 0.1) is 5.71 Å². The number of hydrogen-bond acceptors (Lipinski definition) is 6. The van der Waals surface area contributed by atoms with E-state index in [4.69, 9.17) is 9.68 Å². The normalized spacial score (nSPS) is 12.3. The number of nitrogens with one attached hydrogen (secondary N) is 1. The second-order valence-corrected chi connectivity index (χ2v) is 5.88. The minimum absolute atomic E-state index is 0.00795. The number of alkyl halides is 3. The second-order valence-electron chi connectivity index (χ2n) is 5.88. The summed E-state index contributed by atoms with van der Waals surface area (Å²) in [5.74, 6) is -0.795. The van der Waals surface area contributed by atoms with Crippen molar-refractivity contribution >= 4 is 17.3 Å². The highest BCUT2D eigenvalue weighted by atomic mass is 19.4. The van der Waals surface area contributed by atoms with E-state index in [1.807, 2.05) is 0 Å². The van der Waals surface area contributed by atoms with Crippen molar-refractivity contribution in [2.24, 2.45) is 10.3 Å². The molecule has 30 heavy (non-hydrogen) atoms. The monoisotopic (exact) mass is 423 g/mol. The predicted octanol–water partition coefficient (Wildman–Crippen LogP) is 3.62. The van der Waals surface area contributed by atoms with Crippen LogP contribution in [0.1, 0.15) is 23.6 Å². The average molecular weight is 423 g/mol. The predicted molar refractivity (Wildman–Crippen MR) is 104 cm³/mol. The lowest BCUT2D eigenvalue weighted by Gasteiger charge is -2.11. The van der Waals surface area contributed by atoms with Gasteiger partial charge in [-0.3, -0.25) is 4.79 Å². The van der Waals surface area contributed by atoms with Crippen molar-refractivity contribution in [2.75, 3.05) is 14.2 Å². The number of likely N-dealkylation sites (N-methyl/N-ethyl adjacent to an activating group) is 1. The van der Waals surface area contributed by atoms with Gasteiger partial charge in [-0.05, 0) is 19.1 Å². The number of oxime groups is 2. The van der Waals surface area contributed by atoms with E-state index in [1.165, 1.54) is 32.4 Å². The zero-order valence-electron chi connectivity index (χ0n) is 16.5. The van der Waals surface area contributed by atoms with E-state index in [9.17, 15) is 18.0 Å². The molecule has 2 aromatic carbocycles. The Morgan fingerprint density at radius 2 is 1.83 bits per heavy atom. The lowest BCUT2D eigenvalue weighted by atomic mass is 10.0. The van der Waals surface area contributed by atoms with Gasteiger partial charge in [-0.1, -0.05) is 46.7 Å². The number of amides is 1. The Labute approximate surface area is 171 Å². The third-order valence-electron chi connectivity index (χ3n) is 3.80. The maximum absolute atomic E-state index is 12.4. The molecule has 1 N–H and O–H groups in total. The van der Waals surface area contributed by atoms with Crippen LogP contribution in [0.15, 0.2) is 58.8 Å². The Hall–Kier alpha value is -3.56. The van der Waals surface area contributed by atoms with Gasteiger partial charge in [0.1, 0.15) is 19.5 Å². The lowest BCUT2D eigenvalue weighted by molar-refractivity contribution is -0.274. The van der Waals surface area contributed by atoms with Crippen LogP contribution in [0.2, 0.25) is 0 Å². The summed E-state index contributed by atoms with van der Waals surface area (Å²) in [5, 5.41) is 10.2. The Bertz CT molecular complexity index is 943. The minimum atomic E-state index is -4.78. The highest BCUT2D eigenvalue weighted by Gasteiger charge is 2.31. The molecule has 0 heterocycles. The van der Waals surface area contributed by atoms with Gasteiger partial charge in [-0.15, -0.1) is 13.2 Å². The van der Waals surface area contributed by atoms with Crippen LogP contribution in [0.4, 0.5) is 13.2 Å². The molecule has 2 rings (SSSR count). The zero-order chi connectivity index (χ0) is 22.1. The summed E-state index contributed by atoms with van der Waals surface area (Å²) in [4.78, 5) is 22.2. The topological polar surface area (TPSA) is 81.5 Å². The Morgan fingerprint density at radius 1 is 1.10 bits per heavy atom. The maximum Gasteiger partial charge on any atom is 0.573 e. The molecule has 0 fully saturated rings. The molecule has 0 radical (unpaired) electrons. The average Bonchev–Trinajstić information content (AvgIpc) is 2.71. The summed E-state index contributed by atoms with van der Waals surface area (Å²) in [6.45, 7) is 1.58. The van der Waals surface area contributed by atoms with Gasteiger partial charge in [0.15, 0.2) is 5.71 Å². The number of carbonyl (C=O) groups excluding carboxylic acids is 1. The summed E-state index contributed by atoms with van der Waals surface area (Å²) in [7, 11) is 2.79. The highest BCUT2D eigenvalue weighted by molar-refractivity contribution is 6.45. The summed E-state index contributed by atoms with van der Waals surface area (Å²) in [5.41, 5.74) is 1.92. The fourth-order valence-corrected chi connectivity index (χ4v) is 2.47. The molecule has 0 spiro atoms. The number of rotatable bonds is 8. The molecular formula is C20H20F3N3O4. The van der Waals surface area contributed by atoms with E-state index in [2.05, 4.69) is 20.4 Å². The van der Waals surface area contributed by atoms with Crippen molar-refractivity contribution in [2.45, 2.75) is 19.9 Å². The van der Waals surface area contributed by atoms with Crippen LogP contribution in [-0.2, 0) is 21.1 Å². The van der Waals surface area contributed by atoms with E-state index in [0.717, 1.165) is 0 Å². The zero-order valence-corrected chi connectivity index (χ0v) is 16.5. The van der Waals surface area contributed by atoms with E-state index < -0.39 is 12.3 Å². The van der Waals surface area contributed by atoms with Crippen molar-refractivity contribution in [1.29, 1.82) is 0 Å². The Kier molecular flexibility index (Phi) is 7.79. The summed E-state index contributed by atoms with van der Waals surface area (Å²) < 4.78 is 41.0. The molecule has 0 aliphatic rings. The number of carbonyl (C=O) groups is 1. The largest absolute Gasteiger partial charge is 0.573 e. The van der Waals surface area contributed by atoms with Gasteiger partial charge in [0.2, 0.25) is 0 Å². The summed E-state index contributed by atoms with van der Waals surface area (Å²) in [6, 6.07) is 12.3. The lowest BCUT2D eigenvalue weighted by Crippen LogP contribution is -2.29. The Balaban J connectivity index is 2.17. The minimum Gasteiger partial charge on any atom is -0.406 e. The first-order chi connectivity index (χ1) is 14.2. The highest BCUT2D eigenvalue weighted by Crippen LogP contribution is 2.23. The van der Waals surface area contributed by atoms with Crippen LogP contribution in [0.25, 0.3) is 0 Å². The molecule has 0 unspecified atom stereocenters. The number of benzene rings is 2. The van der Waals surface area contributed by atoms with Gasteiger partial charge < -0.3 is 19.7 Å². The van der Waals surface area contributed by atoms with Gasteiger partial charge >= 0.3 is 6.36 Å². The maximum atomic E-state index is 12.4. The van der Waals surface area contributed by atoms with E-state index in [1.54, 1.807) is 37.3 Å². The number of ether oxygens (including phenoxy) is 1. The summed E-state index contributed by atoms with van der Waals surface area (Å²) >= 11 is 0. The molecule has 0 aromatic heterocycles. The van der Waals surface area contributed by atoms with Crippen LogP contribution in [0, 0.1) is 0 Å². The third kappa shape index (κ3) is 6.50. The number of halogens is 3. The molecule has 2 aromatic rings. The van der Waals surface area contributed by atoms with E-state index in [-0.39, 0.29) is 18.1 Å². The molecule has 1 amide bonds. The van der Waals surface area contributed by atoms with Gasteiger partial charge in [-0.25, -0.2) is 0 Å². The summed E-state index contributed by atoms with van der Waals surface area (Å²) in [6.07, 6.45) is -4.78. The smallest absolute Gasteiger partial charge is 0.406 e. The standard InChI is InChI=1S/C20H20F3N3O4/c1-13(14-8-6-9-16(11-14)30-20(21,22)23)25-29-12-15-7-4-5-10-17(15)18(26-28-3)19(27)24-2/h4-11H,12H2,1-3H3,(H,24,27)/b25-13+,26-18-. The first-order valence-corrected chi connectivity index (χ1v) is 8.69. The fraction of sp³-hybridized carbons (Fsp3) is 0.250. The fourth-order valence-electron chi connectivity index (χ4n) is 2.47. The quantitative estimate of drug-likeness (QED) is 0.519. The van der Waals surface area contributed by atoms with Gasteiger partial charge in [-0.2, -0.15) is 0 Å². The third-order valence-corrected chi connectivity index (χ3v) is 3.80. The molecule has 0 bridgehead atoms. The van der Waals surface area contributed by atoms with Gasteiger partial charge in [0, 0.05) is 23.7 Å². The van der Waals surface area contributed by atoms with Crippen LogP contribution in [0.5, 0.6) is 5.75 Å². The molecule has 0 aliphatic carbocycles. The van der Waals surface area contributed by atoms with E-state index >= 15 is 0 Å². The van der Waals surface area contributed by atoms with E-state index in [0.29, 0.717) is 22.4 Å². The van der Waals surface area contributed by atoms with Crippen molar-refractivity contribution in [3.8, 4) is 5.75 Å². The van der Waals surface area contributed by atoms with Crippen LogP contribution >= 0.6 is 0 Å². The molecule has 160 valence electrons. The van der Waals surface area contributed by atoms with Crippen molar-refractivity contribution < 1.29 is 32.4 Å². The first-order valence-electron chi connectivity index (χ1n) is 8.69. The molecule has 7 nitrogen and oxygen atoms in total. The van der Waals surface area contributed by atoms with Crippen molar-refractivity contribution in [3.05, 3.63) is 65.2 Å². The van der Waals surface area contributed by atoms with Crippen LogP contribution in [0.3, 0.4) is 0 Å². The Morgan fingerprint density at radius 3 is 2.50 bits per heavy atom. The molecule has 0 atom stereocenters. The molecule has 0 aliphatic heterocycles. The first kappa shape index (κ1) is 22.7. The molecule has 0 saturated carbocycles. The van der Waals surface area contributed by atoms with Crippen LogP contribution < -0.4 is 10.1 Å². The SMILES string of the molecule is CNC(=O)/C(=N\OC)c1ccccc1CO/N=C(\C)c1cccc(OC(F)(F)F)c1. The van der Waals surface area contributed by atoms with Crippen molar-refractivity contribution in [3.63, 3.8) is 0 Å². The number of hydrogen-bond donors (Lipinski definition) is 1. The molecule has 10 heteroatoms. The number of nitrogens with zero attached hydrogens (tertiary/aromatic N) is 2. The molecule has 0 saturated heterocycles. The van der Waals surface area contributed by atoms with Gasteiger partial charge in [0.25, 0.3) is 5.91 Å². The van der Waals surface area contributed by atoms with Crippen molar-refractivity contribution in [1.82, 2.24) is 5.32 Å². The van der Waals surface area contributed by atoms with Crippen LogP contribution in [-0.4, -0.2) is 37.9 Å².